The molecule has 0 saturated heterocycles. The molecule has 0 atom stereocenters. The highest BCUT2D eigenvalue weighted by atomic mass is 35.5. The molecule has 0 bridgehead atoms. The van der Waals surface area contributed by atoms with Crippen molar-refractivity contribution in [3.8, 4) is 17.6 Å². The number of aliphatic hydroxyl groups is 1. The van der Waals surface area contributed by atoms with Gasteiger partial charge in [0.25, 0.3) is 0 Å². The van der Waals surface area contributed by atoms with Crippen molar-refractivity contribution in [2.24, 2.45) is 0 Å². The molecule has 2 rings (SSSR count). The molecule has 0 amide bonds. The first-order valence-electron chi connectivity index (χ1n) is 6.60. The van der Waals surface area contributed by atoms with Crippen molar-refractivity contribution in [2.45, 2.75) is 19.9 Å². The molecule has 1 aromatic carbocycles. The molecule has 2 aromatic rings. The van der Waals surface area contributed by atoms with Gasteiger partial charge in [0.1, 0.15) is 5.75 Å². The van der Waals surface area contributed by atoms with Crippen LogP contribution in [0.25, 0.3) is 0 Å². The summed E-state index contributed by atoms with van der Waals surface area (Å²) >= 11 is 6.02. The largest absolute Gasteiger partial charge is 0.496 e. The highest BCUT2D eigenvalue weighted by molar-refractivity contribution is 6.31. The zero-order chi connectivity index (χ0) is 15.2. The van der Waals surface area contributed by atoms with E-state index in [1.165, 1.54) is 0 Å². The van der Waals surface area contributed by atoms with E-state index in [-0.39, 0.29) is 6.61 Å². The minimum atomic E-state index is 0.0704. The van der Waals surface area contributed by atoms with Gasteiger partial charge >= 0.3 is 0 Å². The standard InChI is InChI=1S/C16H17ClN2O2/c1-12-15(17)10-18-19(12)11-14-9-13(5-3-4-8-20)6-7-16(14)21-2/h6-7,9-10,20H,4,8,11H2,1-2H3. The summed E-state index contributed by atoms with van der Waals surface area (Å²) in [5.41, 5.74) is 2.78. The van der Waals surface area contributed by atoms with Gasteiger partial charge in [0.15, 0.2) is 0 Å². The molecular formula is C16H17ClN2O2. The monoisotopic (exact) mass is 304 g/mol. The average molecular weight is 305 g/mol. The Morgan fingerprint density at radius 3 is 2.86 bits per heavy atom. The average Bonchev–Trinajstić information content (AvgIpc) is 2.80. The Morgan fingerprint density at radius 1 is 1.43 bits per heavy atom. The predicted molar refractivity (Wildman–Crippen MR) is 82.7 cm³/mol. The van der Waals surface area contributed by atoms with Crippen LogP contribution in [-0.2, 0) is 6.54 Å². The van der Waals surface area contributed by atoms with Crippen molar-refractivity contribution in [2.75, 3.05) is 13.7 Å². The fourth-order valence-corrected chi connectivity index (χ4v) is 2.09. The Balaban J connectivity index is 2.30. The Bertz CT molecular complexity index is 683. The SMILES string of the molecule is COc1ccc(C#CCCO)cc1Cn1ncc(Cl)c1C. The van der Waals surface area contributed by atoms with Gasteiger partial charge in [-0.3, -0.25) is 4.68 Å². The van der Waals surface area contributed by atoms with Crippen LogP contribution in [0.3, 0.4) is 0 Å². The van der Waals surface area contributed by atoms with E-state index in [1.807, 2.05) is 29.8 Å². The summed E-state index contributed by atoms with van der Waals surface area (Å²) in [7, 11) is 1.64. The van der Waals surface area contributed by atoms with Crippen LogP contribution in [0.4, 0.5) is 0 Å². The molecule has 4 nitrogen and oxygen atoms in total. The Morgan fingerprint density at radius 2 is 2.24 bits per heavy atom. The molecule has 0 fully saturated rings. The number of methoxy groups -OCH3 is 1. The Labute approximate surface area is 129 Å². The first-order valence-corrected chi connectivity index (χ1v) is 6.98. The van der Waals surface area contributed by atoms with E-state index >= 15 is 0 Å². The maximum Gasteiger partial charge on any atom is 0.124 e. The molecule has 110 valence electrons. The lowest BCUT2D eigenvalue weighted by atomic mass is 10.1. The second-order valence-electron chi connectivity index (χ2n) is 4.54. The van der Waals surface area contributed by atoms with Gasteiger partial charge in [-0.1, -0.05) is 23.4 Å². The van der Waals surface area contributed by atoms with Gasteiger partial charge in [0.05, 0.1) is 37.2 Å². The van der Waals surface area contributed by atoms with E-state index < -0.39 is 0 Å². The van der Waals surface area contributed by atoms with Gasteiger partial charge < -0.3 is 9.84 Å². The zero-order valence-electron chi connectivity index (χ0n) is 12.1. The van der Waals surface area contributed by atoms with E-state index in [9.17, 15) is 0 Å². The van der Waals surface area contributed by atoms with E-state index in [1.54, 1.807) is 13.3 Å². The molecule has 1 heterocycles. The quantitative estimate of drug-likeness (QED) is 0.883. The van der Waals surface area contributed by atoms with Crippen LogP contribution in [0.5, 0.6) is 5.75 Å². The molecule has 1 aromatic heterocycles. The summed E-state index contributed by atoms with van der Waals surface area (Å²) < 4.78 is 7.21. The maximum atomic E-state index is 8.76. The van der Waals surface area contributed by atoms with Crippen LogP contribution in [0, 0.1) is 18.8 Å². The lowest BCUT2D eigenvalue weighted by molar-refractivity contribution is 0.305. The molecule has 0 aliphatic heterocycles. The maximum absolute atomic E-state index is 8.76. The van der Waals surface area contributed by atoms with E-state index in [2.05, 4.69) is 16.9 Å². The lowest BCUT2D eigenvalue weighted by Crippen LogP contribution is -2.05. The van der Waals surface area contributed by atoms with Crippen LogP contribution in [0.15, 0.2) is 24.4 Å². The zero-order valence-corrected chi connectivity index (χ0v) is 12.8. The van der Waals surface area contributed by atoms with Crippen molar-refractivity contribution in [3.63, 3.8) is 0 Å². The minimum absolute atomic E-state index is 0.0704. The van der Waals surface area contributed by atoms with Crippen molar-refractivity contribution >= 4 is 11.6 Å². The minimum Gasteiger partial charge on any atom is -0.496 e. The normalized spacial score (nSPS) is 10.1. The van der Waals surface area contributed by atoms with Crippen molar-refractivity contribution in [1.29, 1.82) is 0 Å². The van der Waals surface area contributed by atoms with Crippen molar-refractivity contribution < 1.29 is 9.84 Å². The molecule has 5 heteroatoms. The van der Waals surface area contributed by atoms with E-state index in [0.717, 1.165) is 22.6 Å². The summed E-state index contributed by atoms with van der Waals surface area (Å²) in [6.07, 6.45) is 2.10. The van der Waals surface area contributed by atoms with E-state index in [0.29, 0.717) is 18.0 Å². The third kappa shape index (κ3) is 3.78. The highest BCUT2D eigenvalue weighted by Gasteiger charge is 2.09. The number of rotatable bonds is 4. The molecule has 0 aliphatic rings. The molecule has 21 heavy (non-hydrogen) atoms. The number of aliphatic hydroxyl groups excluding tert-OH is 1. The van der Waals surface area contributed by atoms with Gasteiger partial charge in [0, 0.05) is 17.5 Å². The summed E-state index contributed by atoms with van der Waals surface area (Å²) in [6.45, 7) is 2.56. The van der Waals surface area contributed by atoms with Crippen LogP contribution in [-0.4, -0.2) is 28.6 Å². The molecule has 1 N–H and O–H groups in total. The fraction of sp³-hybridized carbons (Fsp3) is 0.312. The summed E-state index contributed by atoms with van der Waals surface area (Å²) in [5.74, 6) is 6.72. The van der Waals surface area contributed by atoms with Gasteiger partial charge in [-0.15, -0.1) is 0 Å². The Kier molecular flexibility index (Phi) is 5.26. The molecule has 0 radical (unpaired) electrons. The summed E-state index contributed by atoms with van der Waals surface area (Å²) in [6, 6.07) is 5.76. The molecular weight excluding hydrogens is 288 g/mol. The lowest BCUT2D eigenvalue weighted by Gasteiger charge is -2.10. The number of aromatic nitrogens is 2. The van der Waals surface area contributed by atoms with Gasteiger partial charge in [-0.2, -0.15) is 5.10 Å². The first kappa shape index (κ1) is 15.4. The summed E-state index contributed by atoms with van der Waals surface area (Å²) in [4.78, 5) is 0. The second-order valence-corrected chi connectivity index (χ2v) is 4.94. The van der Waals surface area contributed by atoms with Crippen LogP contribution in [0.2, 0.25) is 5.02 Å². The van der Waals surface area contributed by atoms with Crippen LogP contribution < -0.4 is 4.74 Å². The van der Waals surface area contributed by atoms with E-state index in [4.69, 9.17) is 21.4 Å². The van der Waals surface area contributed by atoms with Crippen LogP contribution in [0.1, 0.15) is 23.2 Å². The third-order valence-corrected chi connectivity index (χ3v) is 3.48. The number of halogens is 1. The number of hydrogen-bond acceptors (Lipinski definition) is 3. The number of nitrogens with zero attached hydrogens (tertiary/aromatic N) is 2. The highest BCUT2D eigenvalue weighted by Crippen LogP contribution is 2.22. The number of benzene rings is 1. The van der Waals surface area contributed by atoms with Crippen molar-refractivity contribution in [3.05, 3.63) is 46.2 Å². The van der Waals surface area contributed by atoms with Gasteiger partial charge in [0.2, 0.25) is 0 Å². The summed E-state index contributed by atoms with van der Waals surface area (Å²) in [5, 5.41) is 13.7. The molecule has 0 aliphatic carbocycles. The predicted octanol–water partition coefficient (Wildman–Crippen LogP) is 2.64. The Hall–Kier alpha value is -1.96. The number of ether oxygens (including phenoxy) is 1. The third-order valence-electron chi connectivity index (χ3n) is 3.11. The fourth-order valence-electron chi connectivity index (χ4n) is 1.94. The van der Waals surface area contributed by atoms with Gasteiger partial charge in [-0.25, -0.2) is 0 Å². The van der Waals surface area contributed by atoms with Gasteiger partial charge in [-0.05, 0) is 25.1 Å². The smallest absolute Gasteiger partial charge is 0.124 e. The second kappa shape index (κ2) is 7.16. The topological polar surface area (TPSA) is 47.3 Å². The van der Waals surface area contributed by atoms with Crippen molar-refractivity contribution in [1.82, 2.24) is 9.78 Å². The number of hydrogen-bond donors (Lipinski definition) is 1. The molecule has 0 unspecified atom stereocenters. The molecule has 0 saturated carbocycles. The van der Waals surface area contributed by atoms with Crippen LogP contribution >= 0.6 is 11.6 Å². The molecule has 0 spiro atoms. The first-order chi connectivity index (χ1) is 10.2.